The second-order valence-electron chi connectivity index (χ2n) is 8.15. The molecule has 0 aromatic heterocycles. The average molecular weight is 508 g/mol. The van der Waals surface area contributed by atoms with Crippen molar-refractivity contribution in [2.24, 2.45) is 0 Å². The van der Waals surface area contributed by atoms with Crippen LogP contribution in [0, 0.1) is 5.82 Å². The van der Waals surface area contributed by atoms with E-state index < -0.39 is 36.6 Å². The summed E-state index contributed by atoms with van der Waals surface area (Å²) in [5.41, 5.74) is 1.51. The van der Waals surface area contributed by atoms with Gasteiger partial charge in [0.15, 0.2) is 5.78 Å². The third-order valence-electron chi connectivity index (χ3n) is 5.84. The van der Waals surface area contributed by atoms with Gasteiger partial charge >= 0.3 is 6.09 Å². The van der Waals surface area contributed by atoms with Gasteiger partial charge in [-0.25, -0.2) is 23.0 Å². The molecule has 11 heteroatoms. The molecule has 2 aromatic carbocycles. The van der Waals surface area contributed by atoms with E-state index >= 15 is 4.39 Å². The molecule has 0 saturated carbocycles. The lowest BCUT2D eigenvalue weighted by Gasteiger charge is -2.24. The van der Waals surface area contributed by atoms with Gasteiger partial charge in [0.1, 0.15) is 16.9 Å². The summed E-state index contributed by atoms with van der Waals surface area (Å²) in [5.74, 6) is -1.72. The predicted molar refractivity (Wildman–Crippen MR) is 127 cm³/mol. The first-order valence-electron chi connectivity index (χ1n) is 11.2. The van der Waals surface area contributed by atoms with E-state index in [9.17, 15) is 18.4 Å². The van der Waals surface area contributed by atoms with Crippen molar-refractivity contribution in [1.82, 2.24) is 5.06 Å². The van der Waals surface area contributed by atoms with Crippen LogP contribution in [0.15, 0.2) is 48.5 Å². The molecule has 2 saturated heterocycles. The van der Waals surface area contributed by atoms with Gasteiger partial charge in [-0.3, -0.25) is 14.5 Å². The van der Waals surface area contributed by atoms with Crippen LogP contribution in [0.1, 0.15) is 18.4 Å². The number of ether oxygens (including phenoxy) is 1. The number of Topliss-reactive ketones (excluding diaryl/α,β-unsaturated/α-hetero) is 1. The molecule has 7 nitrogen and oxygen atoms in total. The van der Waals surface area contributed by atoms with E-state index in [1.54, 1.807) is 17.2 Å². The van der Waals surface area contributed by atoms with Crippen LogP contribution in [0.25, 0.3) is 0 Å². The number of anilines is 2. The summed E-state index contributed by atoms with van der Waals surface area (Å²) in [6, 6.07) is 13.9. The highest BCUT2D eigenvalue weighted by atomic mass is 32.1. The minimum Gasteiger partial charge on any atom is -0.444 e. The summed E-state index contributed by atoms with van der Waals surface area (Å²) >= 11 is 5.53. The molecule has 2 fully saturated rings. The minimum absolute atomic E-state index is 0.0128. The first-order chi connectivity index (χ1) is 16.8. The fourth-order valence-corrected chi connectivity index (χ4v) is 4.27. The molecule has 0 N–H and O–H groups in total. The minimum atomic E-state index is -3.05. The highest BCUT2D eigenvalue weighted by molar-refractivity contribution is 7.80. The predicted octanol–water partition coefficient (Wildman–Crippen LogP) is 4.19. The topological polar surface area (TPSA) is 62.3 Å². The number of nitrogens with zero attached hydrogens (tertiary/aromatic N) is 3. The summed E-state index contributed by atoms with van der Waals surface area (Å²) in [5, 5.41) is 1.64. The third-order valence-corrected chi connectivity index (χ3v) is 6.28. The van der Waals surface area contributed by atoms with Crippen LogP contribution in [0.3, 0.4) is 0 Å². The Bertz CT molecular complexity index is 1090. The number of benzene rings is 2. The Balaban J connectivity index is 1.38. The zero-order valence-corrected chi connectivity index (χ0v) is 19.6. The maximum Gasteiger partial charge on any atom is 0.414 e. The Labute approximate surface area is 205 Å². The molecule has 2 aromatic rings. The Morgan fingerprint density at radius 1 is 1.11 bits per heavy atom. The normalized spacial score (nSPS) is 18.6. The van der Waals surface area contributed by atoms with Crippen LogP contribution in [-0.4, -0.2) is 67.2 Å². The first kappa shape index (κ1) is 24.9. The van der Waals surface area contributed by atoms with Gasteiger partial charge in [0.25, 0.3) is 6.43 Å². The largest absolute Gasteiger partial charge is 0.444 e. The van der Waals surface area contributed by atoms with Crippen LogP contribution in [0.2, 0.25) is 0 Å². The van der Waals surface area contributed by atoms with Crippen molar-refractivity contribution in [1.29, 1.82) is 0 Å². The van der Waals surface area contributed by atoms with Crippen molar-refractivity contribution in [3.63, 3.8) is 0 Å². The average Bonchev–Trinajstić information content (AvgIpc) is 3.06. The maximum absolute atomic E-state index is 15.1. The molecule has 2 aliphatic rings. The molecule has 0 bridgehead atoms. The molecule has 0 radical (unpaired) electrons. The van der Waals surface area contributed by atoms with E-state index in [1.807, 2.05) is 35.2 Å². The first-order valence-corrected chi connectivity index (χ1v) is 11.6. The zero-order chi connectivity index (χ0) is 24.9. The van der Waals surface area contributed by atoms with Gasteiger partial charge in [0.2, 0.25) is 0 Å². The van der Waals surface area contributed by atoms with Crippen LogP contribution >= 0.6 is 12.2 Å². The van der Waals surface area contributed by atoms with Gasteiger partial charge in [-0.2, -0.15) is 0 Å². The molecule has 0 aliphatic carbocycles. The van der Waals surface area contributed by atoms with E-state index in [0.717, 1.165) is 5.56 Å². The van der Waals surface area contributed by atoms with E-state index in [0.29, 0.717) is 36.9 Å². The van der Waals surface area contributed by atoms with E-state index in [2.05, 4.69) is 0 Å². The number of hydrogen-bond acceptors (Lipinski definition) is 6. The maximum atomic E-state index is 15.1. The lowest BCUT2D eigenvalue weighted by molar-refractivity contribution is -0.129. The van der Waals surface area contributed by atoms with Gasteiger partial charge in [0, 0.05) is 25.1 Å². The van der Waals surface area contributed by atoms with Crippen molar-refractivity contribution < 1.29 is 32.3 Å². The fourth-order valence-electron chi connectivity index (χ4n) is 3.99. The summed E-state index contributed by atoms with van der Waals surface area (Å²) in [6.07, 6.45) is -4.87. The highest BCUT2D eigenvalue weighted by Crippen LogP contribution is 2.29. The molecule has 0 unspecified atom stereocenters. The van der Waals surface area contributed by atoms with Gasteiger partial charge in [-0.1, -0.05) is 42.5 Å². The Morgan fingerprint density at radius 3 is 2.60 bits per heavy atom. The van der Waals surface area contributed by atoms with Crippen molar-refractivity contribution >= 4 is 40.5 Å². The number of carbonyl (C=O) groups is 2. The number of carbonyl (C=O) groups excluding carboxylic acids is 2. The third kappa shape index (κ3) is 5.91. The molecule has 2 heterocycles. The van der Waals surface area contributed by atoms with Crippen LogP contribution < -0.4 is 9.80 Å². The van der Waals surface area contributed by atoms with Crippen molar-refractivity contribution in [3.8, 4) is 0 Å². The van der Waals surface area contributed by atoms with Gasteiger partial charge in [-0.15, -0.1) is 0 Å². The van der Waals surface area contributed by atoms with Crippen molar-refractivity contribution in [2.75, 3.05) is 42.6 Å². The van der Waals surface area contributed by atoms with E-state index in [4.69, 9.17) is 21.8 Å². The molecular weight excluding hydrogens is 483 g/mol. The molecule has 35 heavy (non-hydrogen) atoms. The quantitative estimate of drug-likeness (QED) is 0.521. The Hall–Kier alpha value is -3.18. The van der Waals surface area contributed by atoms with E-state index in [-0.39, 0.29) is 18.7 Å². The van der Waals surface area contributed by atoms with Crippen molar-refractivity contribution in [3.05, 3.63) is 59.9 Å². The summed E-state index contributed by atoms with van der Waals surface area (Å²) < 4.78 is 45.0. The number of thiocarbonyl (C=S) groups is 1. The standard InChI is InChI=1S/C24H24F3N3O4S/c25-19-14-17(29-15-18(34-24(29)32)7-9-21(31)22(26)27)6-8-20(19)28-10-11-30(33-13-12-28)23(35)16-4-2-1-3-5-16/h1-6,8,14,18,22H,7,9-13,15H2/t18-/m0/s1. The van der Waals surface area contributed by atoms with Crippen LogP contribution in [0.5, 0.6) is 0 Å². The molecule has 0 spiro atoms. The summed E-state index contributed by atoms with van der Waals surface area (Å²) in [7, 11) is 0. The number of halogens is 3. The van der Waals surface area contributed by atoms with Crippen LogP contribution in [-0.2, 0) is 14.4 Å². The molecule has 1 amide bonds. The monoisotopic (exact) mass is 507 g/mol. The van der Waals surface area contributed by atoms with E-state index in [1.165, 1.54) is 11.0 Å². The summed E-state index contributed by atoms with van der Waals surface area (Å²) in [4.78, 5) is 32.8. The fraction of sp³-hybridized carbons (Fsp3) is 0.375. The molecule has 2 aliphatic heterocycles. The zero-order valence-electron chi connectivity index (χ0n) is 18.7. The lowest BCUT2D eigenvalue weighted by Crippen LogP contribution is -2.34. The summed E-state index contributed by atoms with van der Waals surface area (Å²) in [6.45, 7) is 1.71. The molecule has 1 atom stereocenters. The number of cyclic esters (lactones) is 1. The lowest BCUT2D eigenvalue weighted by atomic mass is 10.1. The molecule has 4 rings (SSSR count). The number of alkyl halides is 2. The van der Waals surface area contributed by atoms with Crippen LogP contribution in [0.4, 0.5) is 29.3 Å². The number of ketones is 1. The Kier molecular flexibility index (Phi) is 7.86. The Morgan fingerprint density at radius 2 is 1.89 bits per heavy atom. The molecule has 186 valence electrons. The van der Waals surface area contributed by atoms with Crippen molar-refractivity contribution in [2.45, 2.75) is 25.4 Å². The second-order valence-corrected chi connectivity index (χ2v) is 8.54. The highest BCUT2D eigenvalue weighted by Gasteiger charge is 2.33. The SMILES string of the molecule is O=C(CC[C@H]1CN(c2ccc(N3CCON(C(=S)c4ccccc4)CC3)c(F)c2)C(=O)O1)C(F)F. The second kappa shape index (κ2) is 11.0. The molecular formula is C24H24F3N3O4S. The van der Waals surface area contributed by atoms with Gasteiger partial charge in [-0.05, 0) is 24.6 Å². The van der Waals surface area contributed by atoms with Gasteiger partial charge < -0.3 is 9.64 Å². The number of hydroxylamine groups is 2. The van der Waals surface area contributed by atoms with Gasteiger partial charge in [0.05, 0.1) is 31.1 Å². The number of amides is 1. The smallest absolute Gasteiger partial charge is 0.414 e. The number of hydrogen-bond donors (Lipinski definition) is 0. The number of rotatable bonds is 7.